The maximum absolute atomic E-state index is 13.4. The third kappa shape index (κ3) is 5.60. The quantitative estimate of drug-likeness (QED) is 0.188. The monoisotopic (exact) mass is 544 g/mol. The van der Waals surface area contributed by atoms with E-state index in [4.69, 9.17) is 30.5 Å². The first kappa shape index (κ1) is 25.8. The number of para-hydroxylation sites is 2. The Labute approximate surface area is 217 Å². The summed E-state index contributed by atoms with van der Waals surface area (Å²) >= 11 is 6.47. The number of halogens is 1. The fourth-order valence-electron chi connectivity index (χ4n) is 3.26. The Morgan fingerprint density at radius 3 is 2.14 bits per heavy atom. The van der Waals surface area contributed by atoms with E-state index in [1.54, 1.807) is 24.3 Å². The summed E-state index contributed by atoms with van der Waals surface area (Å²) < 4.78 is 51.4. The van der Waals surface area contributed by atoms with Crippen LogP contribution in [0, 0.1) is 5.21 Å². The summed E-state index contributed by atoms with van der Waals surface area (Å²) in [5.41, 5.74) is 0.421. The van der Waals surface area contributed by atoms with Crippen molar-refractivity contribution in [3.05, 3.63) is 77.4 Å². The van der Waals surface area contributed by atoms with Crippen LogP contribution in [0.3, 0.4) is 0 Å². The second-order valence-corrected chi connectivity index (χ2v) is 9.38. The molecule has 0 unspecified atom stereocenters. The van der Waals surface area contributed by atoms with Crippen LogP contribution in [0.2, 0.25) is 5.15 Å². The van der Waals surface area contributed by atoms with Crippen molar-refractivity contribution in [2.45, 2.75) is 4.90 Å². The maximum atomic E-state index is 13.4. The smallest absolute Gasteiger partial charge is 0.263 e. The Balaban J connectivity index is 1.83. The molecule has 2 heterocycles. The minimum Gasteiger partial charge on any atom is -0.619 e. The molecule has 2 aromatic heterocycles. The number of rotatable bonds is 9. The Hall–Kier alpha value is -4.29. The van der Waals surface area contributed by atoms with Crippen molar-refractivity contribution in [2.75, 3.05) is 26.1 Å². The Kier molecular flexibility index (Phi) is 7.50. The van der Waals surface area contributed by atoms with Gasteiger partial charge in [-0.1, -0.05) is 23.7 Å². The van der Waals surface area contributed by atoms with Gasteiger partial charge in [0.05, 0.1) is 26.2 Å². The number of anilines is 1. The largest absolute Gasteiger partial charge is 0.619 e. The van der Waals surface area contributed by atoms with Gasteiger partial charge in [0.2, 0.25) is 5.75 Å². The van der Waals surface area contributed by atoms with Crippen molar-refractivity contribution in [3.8, 4) is 40.1 Å². The highest BCUT2D eigenvalue weighted by atomic mass is 35.5. The molecule has 11 nitrogen and oxygen atoms in total. The number of pyridine rings is 1. The molecule has 0 aliphatic rings. The molecular weight excluding hydrogens is 524 g/mol. The molecule has 1 N–H and O–H groups in total. The lowest BCUT2D eigenvalue weighted by Gasteiger charge is -2.16. The average molecular weight is 545 g/mol. The van der Waals surface area contributed by atoms with Gasteiger partial charge in [-0.2, -0.15) is 4.73 Å². The van der Waals surface area contributed by atoms with Gasteiger partial charge in [0, 0.05) is 23.8 Å². The molecule has 0 atom stereocenters. The van der Waals surface area contributed by atoms with Crippen LogP contribution >= 0.6 is 11.6 Å². The van der Waals surface area contributed by atoms with Crippen LogP contribution in [0.1, 0.15) is 0 Å². The summed E-state index contributed by atoms with van der Waals surface area (Å²) in [5.74, 6) is 0.855. The second kappa shape index (κ2) is 10.8. The van der Waals surface area contributed by atoms with Gasteiger partial charge in [-0.15, -0.1) is 0 Å². The molecule has 192 valence electrons. The number of ether oxygens (including phenoxy) is 4. The van der Waals surface area contributed by atoms with Crippen LogP contribution in [0.4, 0.5) is 5.82 Å². The first-order valence-electron chi connectivity index (χ1n) is 10.6. The molecule has 0 amide bonds. The van der Waals surface area contributed by atoms with Gasteiger partial charge >= 0.3 is 0 Å². The minimum absolute atomic E-state index is 0.0583. The molecule has 0 spiro atoms. The molecule has 0 saturated carbocycles. The highest BCUT2D eigenvalue weighted by Crippen LogP contribution is 2.40. The van der Waals surface area contributed by atoms with Crippen molar-refractivity contribution in [3.63, 3.8) is 0 Å². The Morgan fingerprint density at radius 2 is 1.49 bits per heavy atom. The van der Waals surface area contributed by atoms with Gasteiger partial charge in [0.15, 0.2) is 52.2 Å². The number of hydrogen-bond acceptors (Lipinski definition) is 9. The van der Waals surface area contributed by atoms with Crippen molar-refractivity contribution in [2.24, 2.45) is 0 Å². The number of sulfonamides is 1. The summed E-state index contributed by atoms with van der Waals surface area (Å²) in [6, 6.07) is 13.8. The van der Waals surface area contributed by atoms with E-state index in [1.165, 1.54) is 64.1 Å². The van der Waals surface area contributed by atoms with E-state index in [9.17, 15) is 13.6 Å². The van der Waals surface area contributed by atoms with E-state index >= 15 is 0 Å². The fraction of sp³-hybridized carbons (Fsp3) is 0.125. The zero-order chi connectivity index (χ0) is 26.6. The summed E-state index contributed by atoms with van der Waals surface area (Å²) in [4.78, 5) is 8.47. The third-order valence-corrected chi connectivity index (χ3v) is 6.65. The molecule has 0 fully saturated rings. The lowest BCUT2D eigenvalue weighted by atomic mass is 10.2. The number of nitrogens with one attached hydrogen (secondary N) is 1. The normalized spacial score (nSPS) is 11.0. The van der Waals surface area contributed by atoms with Gasteiger partial charge < -0.3 is 24.2 Å². The molecule has 0 bridgehead atoms. The number of aromatic nitrogens is 3. The first-order chi connectivity index (χ1) is 17.7. The first-order valence-corrected chi connectivity index (χ1v) is 12.4. The zero-order valence-electron chi connectivity index (χ0n) is 19.8. The van der Waals surface area contributed by atoms with Crippen LogP contribution in [-0.2, 0) is 10.0 Å². The van der Waals surface area contributed by atoms with E-state index in [2.05, 4.69) is 14.7 Å². The highest BCUT2D eigenvalue weighted by molar-refractivity contribution is 7.92. The number of methoxy groups -OCH3 is 3. The Morgan fingerprint density at radius 1 is 0.865 bits per heavy atom. The van der Waals surface area contributed by atoms with Gasteiger partial charge in [-0.05, 0) is 24.3 Å². The third-order valence-electron chi connectivity index (χ3n) is 5.06. The molecule has 0 aliphatic heterocycles. The van der Waals surface area contributed by atoms with Gasteiger partial charge in [0.25, 0.3) is 10.0 Å². The molecule has 13 heteroatoms. The van der Waals surface area contributed by atoms with E-state index in [0.717, 1.165) is 0 Å². The molecule has 37 heavy (non-hydrogen) atoms. The highest BCUT2D eigenvalue weighted by Gasteiger charge is 2.24. The predicted octanol–water partition coefficient (Wildman–Crippen LogP) is 4.05. The molecule has 4 rings (SSSR count). The SMILES string of the molecule is COc1ccc(S(=O)(=O)Nc2nc(-c3cc[n+]([O-])cc3)nc(Cl)c2Oc2ccccc2OC)cc1OC. The van der Waals surface area contributed by atoms with Crippen LogP contribution in [0.15, 0.2) is 71.9 Å². The lowest BCUT2D eigenvalue weighted by Crippen LogP contribution is -2.23. The van der Waals surface area contributed by atoms with E-state index in [1.807, 2.05) is 0 Å². The second-order valence-electron chi connectivity index (χ2n) is 7.34. The lowest BCUT2D eigenvalue weighted by molar-refractivity contribution is -0.605. The van der Waals surface area contributed by atoms with Gasteiger partial charge in [-0.3, -0.25) is 4.72 Å². The summed E-state index contributed by atoms with van der Waals surface area (Å²) in [5, 5.41) is 11.3. The topological polar surface area (TPSA) is 136 Å². The summed E-state index contributed by atoms with van der Waals surface area (Å²) in [6.45, 7) is 0. The molecular formula is C24H21ClN4O7S. The van der Waals surface area contributed by atoms with Crippen LogP contribution in [0.25, 0.3) is 11.4 Å². The predicted molar refractivity (Wildman–Crippen MR) is 135 cm³/mol. The maximum Gasteiger partial charge on any atom is 0.263 e. The van der Waals surface area contributed by atoms with Gasteiger partial charge in [-0.25, -0.2) is 18.4 Å². The zero-order valence-corrected chi connectivity index (χ0v) is 21.4. The summed E-state index contributed by atoms with van der Waals surface area (Å²) in [6.07, 6.45) is 2.50. The van der Waals surface area contributed by atoms with E-state index < -0.39 is 10.0 Å². The molecule has 0 radical (unpaired) electrons. The van der Waals surface area contributed by atoms with Crippen molar-refractivity contribution < 1.29 is 32.1 Å². The number of hydrogen-bond donors (Lipinski definition) is 1. The van der Waals surface area contributed by atoms with Gasteiger partial charge in [0.1, 0.15) is 0 Å². The average Bonchev–Trinajstić information content (AvgIpc) is 2.90. The Bertz CT molecular complexity index is 1530. The van der Waals surface area contributed by atoms with Crippen LogP contribution in [0.5, 0.6) is 28.7 Å². The van der Waals surface area contributed by atoms with E-state index in [-0.39, 0.29) is 38.9 Å². The molecule has 0 saturated heterocycles. The molecule has 4 aromatic rings. The summed E-state index contributed by atoms with van der Waals surface area (Å²) in [7, 11) is 0.0667. The van der Waals surface area contributed by atoms with Crippen molar-refractivity contribution in [1.82, 2.24) is 9.97 Å². The van der Waals surface area contributed by atoms with E-state index in [0.29, 0.717) is 21.8 Å². The molecule has 2 aromatic carbocycles. The fourth-order valence-corrected chi connectivity index (χ4v) is 4.48. The van der Waals surface area contributed by atoms with Crippen LogP contribution in [-0.4, -0.2) is 39.7 Å². The van der Waals surface area contributed by atoms with Crippen molar-refractivity contribution in [1.29, 1.82) is 0 Å². The van der Waals surface area contributed by atoms with Crippen molar-refractivity contribution >= 4 is 27.4 Å². The number of benzene rings is 2. The standard InChI is InChI=1S/C24H21ClN4O7S/c1-33-17-6-4-5-7-19(17)36-21-22(25)26-23(15-10-12-29(30)13-11-15)27-24(21)28-37(31,32)16-8-9-18(34-2)20(14-16)35-3/h4-14H,1-3H3,(H,26,27,28). The minimum atomic E-state index is -4.22. The van der Waals surface area contributed by atoms with Crippen LogP contribution < -0.4 is 28.4 Å². The molecule has 0 aliphatic carbocycles. The number of nitrogens with zero attached hydrogens (tertiary/aromatic N) is 3.